The summed E-state index contributed by atoms with van der Waals surface area (Å²) >= 11 is 0. The van der Waals surface area contributed by atoms with Crippen LogP contribution in [-0.2, 0) is 4.79 Å². The summed E-state index contributed by atoms with van der Waals surface area (Å²) in [5.74, 6) is -1.35. The number of rotatable bonds is 4. The maximum absolute atomic E-state index is 11.4. The number of carbonyl (C=O) groups is 1. The smallest absolute Gasteiger partial charge is 0.346 e. The van der Waals surface area contributed by atoms with Gasteiger partial charge in [-0.05, 0) is 29.8 Å². The van der Waals surface area contributed by atoms with Crippen LogP contribution in [0.25, 0.3) is 6.08 Å². The van der Waals surface area contributed by atoms with Gasteiger partial charge in [0.05, 0.1) is 11.4 Å². The Morgan fingerprint density at radius 1 is 1.18 bits per heavy atom. The van der Waals surface area contributed by atoms with Crippen molar-refractivity contribution in [2.75, 3.05) is 33.1 Å². The van der Waals surface area contributed by atoms with Crippen LogP contribution >= 0.6 is 0 Å². The number of nitrogens with zero attached hydrogens (tertiary/aromatic N) is 4. The van der Waals surface area contributed by atoms with Crippen molar-refractivity contribution in [3.63, 3.8) is 0 Å². The highest BCUT2D eigenvalue weighted by Crippen LogP contribution is 2.35. The SMILES string of the molecule is CN(C)C1=C(/C=C(\C#N)C(=O)O)C2=Nc3cc(N(C)C)ccc3C=CC2C=C1. The third-order valence-electron chi connectivity index (χ3n) is 4.70. The van der Waals surface area contributed by atoms with Crippen LogP contribution in [0, 0.1) is 17.2 Å². The number of hydrogen-bond acceptors (Lipinski definition) is 5. The molecule has 0 fully saturated rings. The van der Waals surface area contributed by atoms with Crippen LogP contribution in [-0.4, -0.2) is 49.9 Å². The molecule has 142 valence electrons. The number of carboxylic acids is 1. The summed E-state index contributed by atoms with van der Waals surface area (Å²) in [7, 11) is 7.70. The molecule has 2 aliphatic rings. The maximum atomic E-state index is 11.4. The minimum atomic E-state index is -1.25. The third kappa shape index (κ3) is 3.60. The molecule has 1 heterocycles. The molecule has 0 aromatic heterocycles. The van der Waals surface area contributed by atoms with Crippen molar-refractivity contribution < 1.29 is 9.90 Å². The molecule has 0 saturated heterocycles. The van der Waals surface area contributed by atoms with E-state index in [1.165, 1.54) is 6.08 Å². The van der Waals surface area contributed by atoms with Crippen molar-refractivity contribution in [2.45, 2.75) is 0 Å². The maximum Gasteiger partial charge on any atom is 0.346 e. The van der Waals surface area contributed by atoms with Crippen LogP contribution in [0.5, 0.6) is 0 Å². The summed E-state index contributed by atoms with van der Waals surface area (Å²) in [4.78, 5) is 20.2. The first-order valence-corrected chi connectivity index (χ1v) is 8.85. The van der Waals surface area contributed by atoms with Gasteiger partial charge in [-0.2, -0.15) is 5.26 Å². The summed E-state index contributed by atoms with van der Waals surface area (Å²) in [6, 6.07) is 7.83. The number of nitriles is 1. The van der Waals surface area contributed by atoms with Crippen LogP contribution in [0.4, 0.5) is 11.4 Å². The minimum absolute atomic E-state index is 0.0982. The fourth-order valence-electron chi connectivity index (χ4n) is 3.19. The molecule has 6 nitrogen and oxygen atoms in total. The number of benzene rings is 1. The Bertz CT molecular complexity index is 1020. The molecule has 0 amide bonds. The molecule has 1 aromatic rings. The predicted octanol–water partition coefficient (Wildman–Crippen LogP) is 3.39. The monoisotopic (exact) mass is 374 g/mol. The van der Waals surface area contributed by atoms with Gasteiger partial charge in [-0.25, -0.2) is 4.79 Å². The second-order valence-electron chi connectivity index (χ2n) is 7.05. The first-order chi connectivity index (χ1) is 13.3. The largest absolute Gasteiger partial charge is 0.477 e. The molecule has 0 radical (unpaired) electrons. The average Bonchev–Trinajstić information content (AvgIpc) is 2.84. The Morgan fingerprint density at radius 2 is 1.89 bits per heavy atom. The van der Waals surface area contributed by atoms with Crippen LogP contribution < -0.4 is 4.90 Å². The average molecular weight is 374 g/mol. The van der Waals surface area contributed by atoms with E-state index in [2.05, 4.69) is 0 Å². The van der Waals surface area contributed by atoms with E-state index in [1.54, 1.807) is 6.07 Å². The van der Waals surface area contributed by atoms with E-state index in [4.69, 9.17) is 4.99 Å². The second-order valence-corrected chi connectivity index (χ2v) is 7.05. The van der Waals surface area contributed by atoms with E-state index in [1.807, 2.05) is 80.5 Å². The van der Waals surface area contributed by atoms with Gasteiger partial charge in [0.15, 0.2) is 0 Å². The quantitative estimate of drug-likeness (QED) is 0.645. The van der Waals surface area contributed by atoms with Crippen LogP contribution in [0.15, 0.2) is 64.3 Å². The molecule has 6 heteroatoms. The van der Waals surface area contributed by atoms with Crippen molar-refractivity contribution >= 4 is 29.1 Å². The molecule has 1 aromatic carbocycles. The molecule has 0 spiro atoms. The summed E-state index contributed by atoms with van der Waals surface area (Å²) in [5, 5.41) is 18.6. The lowest BCUT2D eigenvalue weighted by Crippen LogP contribution is -2.23. The molecule has 0 saturated carbocycles. The van der Waals surface area contributed by atoms with Gasteiger partial charge in [0.1, 0.15) is 11.6 Å². The molecule has 0 bridgehead atoms. The Labute approximate surface area is 164 Å². The van der Waals surface area contributed by atoms with E-state index in [-0.39, 0.29) is 11.5 Å². The van der Waals surface area contributed by atoms with Crippen molar-refractivity contribution in [3.05, 3.63) is 64.9 Å². The Balaban J connectivity index is 2.25. The summed E-state index contributed by atoms with van der Waals surface area (Å²) in [6.07, 6.45) is 9.47. The lowest BCUT2D eigenvalue weighted by Gasteiger charge is -2.25. The fourth-order valence-corrected chi connectivity index (χ4v) is 3.19. The van der Waals surface area contributed by atoms with E-state index >= 15 is 0 Å². The van der Waals surface area contributed by atoms with Gasteiger partial charge >= 0.3 is 5.97 Å². The lowest BCUT2D eigenvalue weighted by atomic mass is 9.88. The molecule has 1 aliphatic heterocycles. The zero-order valence-corrected chi connectivity index (χ0v) is 16.3. The fraction of sp³-hybridized carbons (Fsp3) is 0.227. The van der Waals surface area contributed by atoms with E-state index in [0.29, 0.717) is 5.57 Å². The number of likely N-dealkylation sites (N-methyl/N-ethyl adjacent to an activating group) is 1. The topological polar surface area (TPSA) is 79.9 Å². The summed E-state index contributed by atoms with van der Waals surface area (Å²) in [6.45, 7) is 0. The Kier molecular flexibility index (Phi) is 5.18. The van der Waals surface area contributed by atoms with E-state index in [9.17, 15) is 15.2 Å². The molecule has 1 unspecified atom stereocenters. The Hall–Kier alpha value is -3.59. The van der Waals surface area contributed by atoms with Gasteiger partial charge in [-0.1, -0.05) is 24.3 Å². The number of aliphatic carboxylic acids is 1. The molecule has 1 atom stereocenters. The molecule has 3 rings (SSSR count). The predicted molar refractivity (Wildman–Crippen MR) is 112 cm³/mol. The van der Waals surface area contributed by atoms with Crippen LogP contribution in [0.1, 0.15) is 5.56 Å². The first-order valence-electron chi connectivity index (χ1n) is 8.85. The van der Waals surface area contributed by atoms with Gasteiger partial charge in [0.2, 0.25) is 0 Å². The van der Waals surface area contributed by atoms with Gasteiger partial charge in [-0.15, -0.1) is 0 Å². The van der Waals surface area contributed by atoms with Crippen molar-refractivity contribution in [1.29, 1.82) is 5.26 Å². The number of fused-ring (bicyclic) bond motifs is 2. The molecule has 1 aliphatic carbocycles. The van der Waals surface area contributed by atoms with Gasteiger partial charge < -0.3 is 14.9 Å². The second kappa shape index (κ2) is 7.57. The lowest BCUT2D eigenvalue weighted by molar-refractivity contribution is -0.132. The van der Waals surface area contributed by atoms with E-state index < -0.39 is 5.97 Å². The third-order valence-corrected chi connectivity index (χ3v) is 4.70. The van der Waals surface area contributed by atoms with Gasteiger partial charge in [-0.3, -0.25) is 4.99 Å². The zero-order chi connectivity index (χ0) is 20.4. The van der Waals surface area contributed by atoms with Crippen LogP contribution in [0.3, 0.4) is 0 Å². The van der Waals surface area contributed by atoms with Crippen molar-refractivity contribution in [3.8, 4) is 6.07 Å². The number of hydrogen-bond donors (Lipinski definition) is 1. The van der Waals surface area contributed by atoms with E-state index in [0.717, 1.165) is 28.3 Å². The standard InChI is InChI=1S/C22H22N4O2/c1-25(2)17-9-7-14-5-6-15-8-10-20(26(3)4)18(11-16(13-23)22(27)28)21(15)24-19(14)12-17/h5-12,15H,1-4H3,(H,27,28)/b16-11+. The number of carboxylic acid groups (broad SMARTS) is 1. The zero-order valence-electron chi connectivity index (χ0n) is 16.3. The highest BCUT2D eigenvalue weighted by atomic mass is 16.4. The highest BCUT2D eigenvalue weighted by molar-refractivity contribution is 6.11. The summed E-state index contributed by atoms with van der Waals surface area (Å²) in [5.41, 5.74) is 4.70. The molecular weight excluding hydrogens is 352 g/mol. The molecule has 1 N–H and O–H groups in total. The minimum Gasteiger partial charge on any atom is -0.477 e. The highest BCUT2D eigenvalue weighted by Gasteiger charge is 2.25. The summed E-state index contributed by atoms with van der Waals surface area (Å²) < 4.78 is 0. The molecular formula is C22H22N4O2. The number of anilines is 1. The molecule has 28 heavy (non-hydrogen) atoms. The normalized spacial score (nSPS) is 17.9. The van der Waals surface area contributed by atoms with Crippen LogP contribution in [0.2, 0.25) is 0 Å². The number of allylic oxidation sites excluding steroid dienone is 5. The first kappa shape index (κ1) is 19.2. The van der Waals surface area contributed by atoms with Gasteiger partial charge in [0, 0.05) is 51.1 Å². The van der Waals surface area contributed by atoms with Gasteiger partial charge in [0.25, 0.3) is 0 Å². The Morgan fingerprint density at radius 3 is 2.50 bits per heavy atom. The van der Waals surface area contributed by atoms with Crippen molar-refractivity contribution in [1.82, 2.24) is 4.90 Å². The van der Waals surface area contributed by atoms with Crippen molar-refractivity contribution in [2.24, 2.45) is 10.9 Å². The number of aliphatic imine (C=N–C) groups is 1.